The highest BCUT2D eigenvalue weighted by Crippen LogP contribution is 2.24. The van der Waals surface area contributed by atoms with Crippen molar-refractivity contribution in [1.29, 1.82) is 0 Å². The lowest BCUT2D eigenvalue weighted by Gasteiger charge is -2.02. The Morgan fingerprint density at radius 3 is 2.50 bits per heavy atom. The van der Waals surface area contributed by atoms with Crippen LogP contribution in [0.2, 0.25) is 0 Å². The van der Waals surface area contributed by atoms with Gasteiger partial charge >= 0.3 is 0 Å². The molecule has 82 valence electrons. The Morgan fingerprint density at radius 2 is 1.88 bits per heavy atom. The maximum absolute atomic E-state index is 13.2. The van der Waals surface area contributed by atoms with Crippen LogP contribution in [0, 0.1) is 18.2 Å². The van der Waals surface area contributed by atoms with Crippen molar-refractivity contribution in [2.75, 3.05) is 0 Å². The van der Waals surface area contributed by atoms with Crippen molar-refractivity contribution in [1.82, 2.24) is 0 Å². The largest absolute Gasteiger partial charge is 0.508 e. The molecule has 0 aliphatic carbocycles. The fourth-order valence-corrected chi connectivity index (χ4v) is 1.44. The average Bonchev–Trinajstić information content (AvgIpc) is 2.32. The molecule has 0 heterocycles. The lowest BCUT2D eigenvalue weighted by atomic mass is 10.0. The van der Waals surface area contributed by atoms with Crippen LogP contribution in [0.5, 0.6) is 5.75 Å². The standard InChI is InChI=1S/C12H7FO.C2H6/c1-2-10-11-5-4-9(14)7-8(11)3-6-12(10)13;1-2/h1,3-7,14H;1-2H3. The van der Waals surface area contributed by atoms with Gasteiger partial charge in [-0.1, -0.05) is 25.8 Å². The number of hydrogen-bond donors (Lipinski definition) is 1. The minimum atomic E-state index is -0.411. The molecule has 0 saturated heterocycles. The fraction of sp³-hybridized carbons (Fsp3) is 0.143. The van der Waals surface area contributed by atoms with E-state index in [0.29, 0.717) is 5.39 Å². The first kappa shape index (κ1) is 12.1. The molecular formula is C14H13FO. The minimum Gasteiger partial charge on any atom is -0.508 e. The topological polar surface area (TPSA) is 20.2 Å². The molecule has 1 nitrogen and oxygen atoms in total. The van der Waals surface area contributed by atoms with Gasteiger partial charge in [0, 0.05) is 5.39 Å². The van der Waals surface area contributed by atoms with Gasteiger partial charge < -0.3 is 5.11 Å². The van der Waals surface area contributed by atoms with Crippen LogP contribution in [0.15, 0.2) is 30.3 Å². The van der Waals surface area contributed by atoms with Crippen molar-refractivity contribution < 1.29 is 9.50 Å². The fourth-order valence-electron chi connectivity index (χ4n) is 1.44. The van der Waals surface area contributed by atoms with Gasteiger partial charge in [-0.3, -0.25) is 0 Å². The molecular weight excluding hydrogens is 203 g/mol. The maximum atomic E-state index is 13.2. The number of rotatable bonds is 0. The molecule has 16 heavy (non-hydrogen) atoms. The molecule has 0 saturated carbocycles. The predicted molar refractivity (Wildman–Crippen MR) is 64.9 cm³/mol. The predicted octanol–water partition coefficient (Wildman–Crippen LogP) is 3.69. The molecule has 0 aliphatic rings. The van der Waals surface area contributed by atoms with E-state index in [1.54, 1.807) is 18.2 Å². The number of hydrogen-bond acceptors (Lipinski definition) is 1. The molecule has 0 aromatic heterocycles. The first-order valence-corrected chi connectivity index (χ1v) is 5.10. The molecule has 2 heteroatoms. The zero-order valence-corrected chi connectivity index (χ0v) is 9.29. The third-order valence-electron chi connectivity index (χ3n) is 2.10. The van der Waals surface area contributed by atoms with Gasteiger partial charge in [-0.2, -0.15) is 0 Å². The Morgan fingerprint density at radius 1 is 1.19 bits per heavy atom. The van der Waals surface area contributed by atoms with Crippen LogP contribution in [0.4, 0.5) is 4.39 Å². The molecule has 0 spiro atoms. The summed E-state index contributed by atoms with van der Waals surface area (Å²) in [6, 6.07) is 7.54. The van der Waals surface area contributed by atoms with Crippen molar-refractivity contribution in [2.45, 2.75) is 13.8 Å². The quantitative estimate of drug-likeness (QED) is 0.666. The van der Waals surface area contributed by atoms with Crippen LogP contribution in [0.25, 0.3) is 10.8 Å². The molecule has 0 radical (unpaired) electrons. The van der Waals surface area contributed by atoms with Gasteiger partial charge in [-0.15, -0.1) is 6.42 Å². The van der Waals surface area contributed by atoms with E-state index >= 15 is 0 Å². The number of phenolic OH excluding ortho intramolecular Hbond substituents is 1. The normalized spacial score (nSPS) is 9.12. The Labute approximate surface area is 94.5 Å². The summed E-state index contributed by atoms with van der Waals surface area (Å²) in [5, 5.41) is 10.6. The van der Waals surface area contributed by atoms with Crippen LogP contribution in [-0.4, -0.2) is 5.11 Å². The van der Waals surface area contributed by atoms with Gasteiger partial charge in [0.05, 0.1) is 5.56 Å². The first-order chi connectivity index (χ1) is 7.72. The number of phenols is 1. The summed E-state index contributed by atoms with van der Waals surface area (Å²) in [6.45, 7) is 4.00. The minimum absolute atomic E-state index is 0.145. The zero-order valence-electron chi connectivity index (χ0n) is 9.29. The van der Waals surface area contributed by atoms with E-state index in [0.717, 1.165) is 5.39 Å². The van der Waals surface area contributed by atoms with Crippen LogP contribution >= 0.6 is 0 Å². The van der Waals surface area contributed by atoms with Crippen LogP contribution < -0.4 is 0 Å². The van der Waals surface area contributed by atoms with Crippen molar-refractivity contribution in [3.05, 3.63) is 41.7 Å². The number of halogens is 1. The van der Waals surface area contributed by atoms with Crippen molar-refractivity contribution in [3.63, 3.8) is 0 Å². The number of benzene rings is 2. The third-order valence-corrected chi connectivity index (χ3v) is 2.10. The van der Waals surface area contributed by atoms with E-state index < -0.39 is 5.82 Å². The highest BCUT2D eigenvalue weighted by molar-refractivity contribution is 5.89. The van der Waals surface area contributed by atoms with Gasteiger partial charge in [-0.25, -0.2) is 4.39 Å². The Balaban J connectivity index is 0.000000606. The summed E-state index contributed by atoms with van der Waals surface area (Å²) in [6.07, 6.45) is 5.20. The second-order valence-corrected chi connectivity index (χ2v) is 2.97. The molecule has 0 amide bonds. The lowest BCUT2D eigenvalue weighted by molar-refractivity contribution is 0.476. The second kappa shape index (κ2) is 5.18. The Hall–Kier alpha value is -2.01. The van der Waals surface area contributed by atoms with Crippen LogP contribution in [0.1, 0.15) is 19.4 Å². The van der Waals surface area contributed by atoms with E-state index in [1.807, 2.05) is 13.8 Å². The number of aromatic hydroxyl groups is 1. The highest BCUT2D eigenvalue weighted by atomic mass is 19.1. The van der Waals surface area contributed by atoms with Gasteiger partial charge in [0.2, 0.25) is 0 Å². The third kappa shape index (κ3) is 2.14. The molecule has 0 atom stereocenters. The molecule has 0 fully saturated rings. The SMILES string of the molecule is C#Cc1c(F)ccc2cc(O)ccc12.CC. The molecule has 2 rings (SSSR count). The number of fused-ring (bicyclic) bond motifs is 1. The molecule has 0 bridgehead atoms. The summed E-state index contributed by atoms with van der Waals surface area (Å²) in [7, 11) is 0. The molecule has 2 aromatic carbocycles. The average molecular weight is 216 g/mol. The molecule has 0 unspecified atom stereocenters. The van der Waals surface area contributed by atoms with E-state index in [4.69, 9.17) is 6.42 Å². The Bertz CT molecular complexity index is 538. The van der Waals surface area contributed by atoms with Gasteiger partial charge in [0.25, 0.3) is 0 Å². The zero-order chi connectivity index (χ0) is 12.1. The summed E-state index contributed by atoms with van der Waals surface area (Å²) in [4.78, 5) is 0. The second-order valence-electron chi connectivity index (χ2n) is 2.97. The summed E-state index contributed by atoms with van der Waals surface area (Å²) in [5.74, 6) is 2.04. The van der Waals surface area contributed by atoms with E-state index in [1.165, 1.54) is 12.1 Å². The summed E-state index contributed by atoms with van der Waals surface area (Å²) < 4.78 is 13.2. The van der Waals surface area contributed by atoms with Crippen molar-refractivity contribution in [2.24, 2.45) is 0 Å². The lowest BCUT2D eigenvalue weighted by Crippen LogP contribution is -1.85. The highest BCUT2D eigenvalue weighted by Gasteiger charge is 2.04. The van der Waals surface area contributed by atoms with Gasteiger partial charge in [0.1, 0.15) is 11.6 Å². The first-order valence-electron chi connectivity index (χ1n) is 5.10. The van der Waals surface area contributed by atoms with Gasteiger partial charge in [0.15, 0.2) is 0 Å². The summed E-state index contributed by atoms with van der Waals surface area (Å²) >= 11 is 0. The van der Waals surface area contributed by atoms with E-state index in [2.05, 4.69) is 5.92 Å². The van der Waals surface area contributed by atoms with E-state index in [9.17, 15) is 9.50 Å². The van der Waals surface area contributed by atoms with Gasteiger partial charge in [-0.05, 0) is 29.7 Å². The number of terminal acetylenes is 1. The van der Waals surface area contributed by atoms with Crippen LogP contribution in [0.3, 0.4) is 0 Å². The Kier molecular flexibility index (Phi) is 3.90. The van der Waals surface area contributed by atoms with E-state index in [-0.39, 0.29) is 11.3 Å². The monoisotopic (exact) mass is 216 g/mol. The molecule has 1 N–H and O–H groups in total. The maximum Gasteiger partial charge on any atom is 0.139 e. The van der Waals surface area contributed by atoms with Crippen LogP contribution in [-0.2, 0) is 0 Å². The smallest absolute Gasteiger partial charge is 0.139 e. The van der Waals surface area contributed by atoms with Crippen molar-refractivity contribution in [3.8, 4) is 18.1 Å². The summed E-state index contributed by atoms with van der Waals surface area (Å²) in [5.41, 5.74) is 0.238. The molecule has 2 aromatic rings. The van der Waals surface area contributed by atoms with Crippen molar-refractivity contribution >= 4 is 10.8 Å². The molecule has 0 aliphatic heterocycles.